The zero-order chi connectivity index (χ0) is 22.7. The van der Waals surface area contributed by atoms with E-state index in [4.69, 9.17) is 4.52 Å². The van der Waals surface area contributed by atoms with Gasteiger partial charge in [0.2, 0.25) is 27.6 Å². The molecule has 1 aliphatic heterocycles. The molecule has 1 unspecified atom stereocenters. The Labute approximate surface area is 191 Å². The van der Waals surface area contributed by atoms with Crippen LogP contribution in [0.3, 0.4) is 0 Å². The van der Waals surface area contributed by atoms with Gasteiger partial charge >= 0.3 is 0 Å². The fourth-order valence-corrected chi connectivity index (χ4v) is 6.87. The van der Waals surface area contributed by atoms with E-state index in [1.807, 2.05) is 30.3 Å². The Morgan fingerprint density at radius 3 is 2.78 bits per heavy atom. The van der Waals surface area contributed by atoms with Crippen LogP contribution in [-0.4, -0.2) is 48.4 Å². The van der Waals surface area contributed by atoms with Gasteiger partial charge in [-0.15, -0.1) is 11.3 Å². The number of amides is 1. The lowest BCUT2D eigenvalue weighted by Crippen LogP contribution is -2.45. The number of piperidine rings is 1. The predicted octanol–water partition coefficient (Wildman–Crippen LogP) is 3.17. The molecule has 0 bridgehead atoms. The molecule has 170 valence electrons. The summed E-state index contributed by atoms with van der Waals surface area (Å²) in [5.74, 6) is 0.359. The Kier molecular flexibility index (Phi) is 6.73. The van der Waals surface area contributed by atoms with Gasteiger partial charge in [-0.2, -0.15) is 9.29 Å². The number of hydrogen-bond donors (Lipinski definition) is 1. The van der Waals surface area contributed by atoms with Crippen LogP contribution in [-0.2, 0) is 21.2 Å². The van der Waals surface area contributed by atoms with Crippen molar-refractivity contribution in [1.82, 2.24) is 19.8 Å². The SMILES string of the molecule is Cc1nc(-c2cc(S(=O)(=O)N3CCCC(C(=O)NCCc4ccccc4)C3)c(C)s2)no1. The van der Waals surface area contributed by atoms with E-state index in [0.717, 1.165) is 12.0 Å². The zero-order valence-electron chi connectivity index (χ0n) is 18.1. The highest BCUT2D eigenvalue weighted by molar-refractivity contribution is 7.89. The summed E-state index contributed by atoms with van der Waals surface area (Å²) in [7, 11) is -3.73. The van der Waals surface area contributed by atoms with Gasteiger partial charge < -0.3 is 9.84 Å². The maximum absolute atomic E-state index is 13.4. The lowest BCUT2D eigenvalue weighted by molar-refractivity contribution is -0.126. The van der Waals surface area contributed by atoms with Gasteiger partial charge in [0.15, 0.2) is 0 Å². The second kappa shape index (κ2) is 9.51. The summed E-state index contributed by atoms with van der Waals surface area (Å²) >= 11 is 1.32. The summed E-state index contributed by atoms with van der Waals surface area (Å²) in [4.78, 5) is 18.4. The van der Waals surface area contributed by atoms with Crippen LogP contribution in [0.2, 0.25) is 0 Å². The molecule has 32 heavy (non-hydrogen) atoms. The molecule has 1 atom stereocenters. The fraction of sp³-hybridized carbons (Fsp3) is 0.409. The molecule has 1 fully saturated rings. The van der Waals surface area contributed by atoms with Crippen molar-refractivity contribution in [2.75, 3.05) is 19.6 Å². The van der Waals surface area contributed by atoms with E-state index < -0.39 is 10.0 Å². The Morgan fingerprint density at radius 2 is 2.06 bits per heavy atom. The first-order valence-electron chi connectivity index (χ1n) is 10.6. The molecule has 1 aliphatic rings. The molecular weight excluding hydrogens is 448 g/mol. The monoisotopic (exact) mass is 474 g/mol. The van der Waals surface area contributed by atoms with Crippen molar-refractivity contribution in [3.8, 4) is 10.7 Å². The number of rotatable bonds is 7. The number of carbonyl (C=O) groups is 1. The molecule has 8 nitrogen and oxygen atoms in total. The third kappa shape index (κ3) is 4.92. The summed E-state index contributed by atoms with van der Waals surface area (Å²) < 4.78 is 33.2. The van der Waals surface area contributed by atoms with Crippen LogP contribution in [0, 0.1) is 19.8 Å². The first kappa shape index (κ1) is 22.6. The Bertz CT molecular complexity index is 1190. The van der Waals surface area contributed by atoms with Crippen LogP contribution in [0.15, 0.2) is 45.8 Å². The number of carbonyl (C=O) groups excluding carboxylic acids is 1. The Hall–Kier alpha value is -2.56. The van der Waals surface area contributed by atoms with Crippen molar-refractivity contribution in [2.24, 2.45) is 5.92 Å². The number of aromatic nitrogens is 2. The number of aryl methyl sites for hydroxylation is 2. The average Bonchev–Trinajstić information content (AvgIpc) is 3.40. The molecule has 1 amide bonds. The molecule has 0 saturated carbocycles. The summed E-state index contributed by atoms with van der Waals surface area (Å²) in [6.45, 7) is 4.58. The average molecular weight is 475 g/mol. The fourth-order valence-electron chi connectivity index (χ4n) is 3.86. The number of hydrogen-bond acceptors (Lipinski definition) is 7. The van der Waals surface area contributed by atoms with Gasteiger partial charge in [0.05, 0.1) is 15.7 Å². The lowest BCUT2D eigenvalue weighted by atomic mass is 9.99. The third-order valence-electron chi connectivity index (χ3n) is 5.55. The predicted molar refractivity (Wildman–Crippen MR) is 122 cm³/mol. The molecule has 0 spiro atoms. The molecular formula is C22H26N4O4S2. The van der Waals surface area contributed by atoms with Gasteiger partial charge in [0, 0.05) is 31.4 Å². The smallest absolute Gasteiger partial charge is 0.244 e. The highest BCUT2D eigenvalue weighted by Crippen LogP contribution is 2.34. The quantitative estimate of drug-likeness (QED) is 0.564. The van der Waals surface area contributed by atoms with E-state index >= 15 is 0 Å². The minimum atomic E-state index is -3.73. The molecule has 1 saturated heterocycles. The largest absolute Gasteiger partial charge is 0.355 e. The lowest BCUT2D eigenvalue weighted by Gasteiger charge is -2.31. The Morgan fingerprint density at radius 1 is 1.28 bits per heavy atom. The van der Waals surface area contributed by atoms with Crippen LogP contribution >= 0.6 is 11.3 Å². The molecule has 1 aromatic carbocycles. The van der Waals surface area contributed by atoms with Crippen LogP contribution in [0.5, 0.6) is 0 Å². The van der Waals surface area contributed by atoms with E-state index in [0.29, 0.717) is 47.4 Å². The van der Waals surface area contributed by atoms with E-state index in [1.54, 1.807) is 19.9 Å². The maximum atomic E-state index is 13.4. The van der Waals surface area contributed by atoms with Gasteiger partial charge in [-0.1, -0.05) is 35.5 Å². The van der Waals surface area contributed by atoms with Crippen molar-refractivity contribution in [3.63, 3.8) is 0 Å². The van der Waals surface area contributed by atoms with E-state index in [9.17, 15) is 13.2 Å². The van der Waals surface area contributed by atoms with E-state index in [2.05, 4.69) is 15.5 Å². The van der Waals surface area contributed by atoms with Gasteiger partial charge in [-0.05, 0) is 37.8 Å². The van der Waals surface area contributed by atoms with Gasteiger partial charge in [-0.3, -0.25) is 4.79 Å². The number of nitrogens with zero attached hydrogens (tertiary/aromatic N) is 3. The minimum absolute atomic E-state index is 0.0918. The van der Waals surface area contributed by atoms with Gasteiger partial charge in [0.25, 0.3) is 0 Å². The summed E-state index contributed by atoms with van der Waals surface area (Å²) in [5.41, 5.74) is 1.15. The second-order valence-electron chi connectivity index (χ2n) is 7.90. The number of sulfonamides is 1. The summed E-state index contributed by atoms with van der Waals surface area (Å²) in [5, 5.41) is 6.85. The Balaban J connectivity index is 1.42. The van der Waals surface area contributed by atoms with Crippen LogP contribution < -0.4 is 5.32 Å². The molecule has 4 rings (SSSR count). The van der Waals surface area contributed by atoms with Crippen LogP contribution in [0.4, 0.5) is 0 Å². The number of benzene rings is 1. The number of nitrogens with one attached hydrogen (secondary N) is 1. The van der Waals surface area contributed by atoms with E-state index in [1.165, 1.54) is 15.6 Å². The second-order valence-corrected chi connectivity index (χ2v) is 11.1. The van der Waals surface area contributed by atoms with Crippen molar-refractivity contribution < 1.29 is 17.7 Å². The molecule has 3 heterocycles. The van der Waals surface area contributed by atoms with Gasteiger partial charge in [-0.25, -0.2) is 8.42 Å². The zero-order valence-corrected chi connectivity index (χ0v) is 19.7. The van der Waals surface area contributed by atoms with Crippen molar-refractivity contribution in [2.45, 2.75) is 38.0 Å². The van der Waals surface area contributed by atoms with Crippen molar-refractivity contribution >= 4 is 27.3 Å². The van der Waals surface area contributed by atoms with Gasteiger partial charge in [0.1, 0.15) is 0 Å². The molecule has 0 aliphatic carbocycles. The highest BCUT2D eigenvalue weighted by atomic mass is 32.2. The minimum Gasteiger partial charge on any atom is -0.355 e. The standard InChI is InChI=1S/C22H26N4O4S2/c1-15-20(13-19(31-15)21-24-16(2)30-25-21)32(28,29)26-12-6-9-18(14-26)22(27)23-11-10-17-7-4-3-5-8-17/h3-5,7-8,13,18H,6,9-12,14H2,1-2H3,(H,23,27). The molecule has 2 aromatic heterocycles. The van der Waals surface area contributed by atoms with Crippen molar-refractivity contribution in [3.05, 3.63) is 52.7 Å². The van der Waals surface area contributed by atoms with Crippen LogP contribution in [0.25, 0.3) is 10.7 Å². The number of thiophene rings is 1. The highest BCUT2D eigenvalue weighted by Gasteiger charge is 2.35. The molecule has 0 radical (unpaired) electrons. The molecule has 10 heteroatoms. The normalized spacial score (nSPS) is 17.4. The van der Waals surface area contributed by atoms with E-state index in [-0.39, 0.29) is 23.3 Å². The van der Waals surface area contributed by atoms with Crippen LogP contribution in [0.1, 0.15) is 29.2 Å². The third-order valence-corrected chi connectivity index (χ3v) is 8.72. The van der Waals surface area contributed by atoms with Crippen molar-refractivity contribution in [1.29, 1.82) is 0 Å². The first-order chi connectivity index (χ1) is 15.3. The summed E-state index contributed by atoms with van der Waals surface area (Å²) in [6, 6.07) is 11.5. The molecule has 1 N–H and O–H groups in total. The topological polar surface area (TPSA) is 105 Å². The maximum Gasteiger partial charge on any atom is 0.244 e. The summed E-state index contributed by atoms with van der Waals surface area (Å²) in [6.07, 6.45) is 2.07. The first-order valence-corrected chi connectivity index (χ1v) is 12.8. The molecule has 3 aromatic rings.